The van der Waals surface area contributed by atoms with Gasteiger partial charge in [0.05, 0.1) is 38.7 Å². The highest BCUT2D eigenvalue weighted by molar-refractivity contribution is 6.01. The molecule has 174 valence electrons. The average molecular weight is 457 g/mol. The SMILES string of the molecule is COc1cccc([C@@H]2CC(=O)C3=C(C2)Nc2ccccc2N[C@H]3c2cccc(OC)c2OC)c1. The third-order valence-corrected chi connectivity index (χ3v) is 6.62. The minimum absolute atomic E-state index is 0.0620. The fourth-order valence-electron chi connectivity index (χ4n) is 5.00. The van der Waals surface area contributed by atoms with Crippen molar-refractivity contribution >= 4 is 17.2 Å². The maximum absolute atomic E-state index is 13.8. The summed E-state index contributed by atoms with van der Waals surface area (Å²) in [7, 11) is 4.91. The second-order valence-electron chi connectivity index (χ2n) is 8.53. The van der Waals surface area contributed by atoms with Crippen LogP contribution in [0.1, 0.15) is 35.9 Å². The van der Waals surface area contributed by atoms with Gasteiger partial charge in [0.25, 0.3) is 0 Å². The van der Waals surface area contributed by atoms with Crippen molar-refractivity contribution in [2.24, 2.45) is 0 Å². The molecule has 2 atom stereocenters. The van der Waals surface area contributed by atoms with Crippen LogP contribution in [0.3, 0.4) is 0 Å². The number of Topliss-reactive ketones (excluding diaryl/α,β-unsaturated/α-hetero) is 1. The number of nitrogens with one attached hydrogen (secondary N) is 2. The van der Waals surface area contributed by atoms with E-state index in [2.05, 4.69) is 16.7 Å². The monoisotopic (exact) mass is 456 g/mol. The van der Waals surface area contributed by atoms with Crippen LogP contribution < -0.4 is 24.8 Å². The first-order valence-corrected chi connectivity index (χ1v) is 11.4. The Morgan fingerprint density at radius 2 is 1.62 bits per heavy atom. The van der Waals surface area contributed by atoms with Crippen LogP contribution in [0, 0.1) is 0 Å². The van der Waals surface area contributed by atoms with E-state index >= 15 is 0 Å². The molecule has 1 heterocycles. The fraction of sp³-hybridized carbons (Fsp3) is 0.250. The smallest absolute Gasteiger partial charge is 0.166 e. The van der Waals surface area contributed by atoms with Gasteiger partial charge in [-0.2, -0.15) is 0 Å². The van der Waals surface area contributed by atoms with Crippen LogP contribution in [0.15, 0.2) is 78.0 Å². The van der Waals surface area contributed by atoms with Crippen LogP contribution in [0.4, 0.5) is 11.4 Å². The molecule has 1 aliphatic heterocycles. The number of carbonyl (C=O) groups is 1. The molecule has 0 fully saturated rings. The lowest BCUT2D eigenvalue weighted by Gasteiger charge is -2.30. The Kier molecular flexibility index (Phi) is 5.88. The minimum atomic E-state index is -0.380. The first kappa shape index (κ1) is 21.9. The van der Waals surface area contributed by atoms with Gasteiger partial charge in [-0.1, -0.05) is 36.4 Å². The molecule has 6 heteroatoms. The molecule has 0 saturated heterocycles. The lowest BCUT2D eigenvalue weighted by molar-refractivity contribution is -0.116. The maximum atomic E-state index is 13.8. The van der Waals surface area contributed by atoms with E-state index in [1.54, 1.807) is 21.3 Å². The quantitative estimate of drug-likeness (QED) is 0.514. The van der Waals surface area contributed by atoms with Crippen molar-refractivity contribution in [3.63, 3.8) is 0 Å². The zero-order valence-electron chi connectivity index (χ0n) is 19.6. The van der Waals surface area contributed by atoms with Gasteiger partial charge in [0.15, 0.2) is 17.3 Å². The van der Waals surface area contributed by atoms with Crippen molar-refractivity contribution < 1.29 is 19.0 Å². The number of hydrogen-bond donors (Lipinski definition) is 2. The van der Waals surface area contributed by atoms with E-state index in [4.69, 9.17) is 14.2 Å². The molecule has 6 nitrogen and oxygen atoms in total. The molecule has 0 radical (unpaired) electrons. The predicted octanol–water partition coefficient (Wildman–Crippen LogP) is 5.69. The molecule has 2 aliphatic rings. The maximum Gasteiger partial charge on any atom is 0.166 e. The molecule has 34 heavy (non-hydrogen) atoms. The predicted molar refractivity (Wildman–Crippen MR) is 133 cm³/mol. The number of fused-ring (bicyclic) bond motifs is 1. The number of benzene rings is 3. The zero-order chi connectivity index (χ0) is 23.7. The number of rotatable bonds is 5. The van der Waals surface area contributed by atoms with Crippen molar-refractivity contribution in [2.45, 2.75) is 24.8 Å². The molecule has 1 aliphatic carbocycles. The highest BCUT2D eigenvalue weighted by atomic mass is 16.5. The third-order valence-electron chi connectivity index (χ3n) is 6.62. The van der Waals surface area contributed by atoms with Gasteiger partial charge in [-0.3, -0.25) is 4.79 Å². The summed E-state index contributed by atoms with van der Waals surface area (Å²) in [5.74, 6) is 2.22. The van der Waals surface area contributed by atoms with Gasteiger partial charge < -0.3 is 24.8 Å². The summed E-state index contributed by atoms with van der Waals surface area (Å²) in [6.45, 7) is 0. The van der Waals surface area contributed by atoms with Crippen LogP contribution in [0.25, 0.3) is 0 Å². The summed E-state index contributed by atoms with van der Waals surface area (Å²) < 4.78 is 16.7. The molecule has 2 N–H and O–H groups in total. The summed E-state index contributed by atoms with van der Waals surface area (Å²) in [6, 6.07) is 21.4. The van der Waals surface area contributed by atoms with Crippen molar-refractivity contribution in [2.75, 3.05) is 32.0 Å². The molecule has 0 unspecified atom stereocenters. The van der Waals surface area contributed by atoms with Gasteiger partial charge in [-0.05, 0) is 48.2 Å². The lowest BCUT2D eigenvalue weighted by atomic mass is 9.78. The van der Waals surface area contributed by atoms with Crippen molar-refractivity contribution in [3.8, 4) is 17.2 Å². The molecule has 0 saturated carbocycles. The normalized spacial score (nSPS) is 19.2. The van der Waals surface area contributed by atoms with E-state index in [-0.39, 0.29) is 17.7 Å². The summed E-state index contributed by atoms with van der Waals surface area (Å²) in [5.41, 5.74) is 5.50. The van der Waals surface area contributed by atoms with Crippen LogP contribution in [0.2, 0.25) is 0 Å². The number of methoxy groups -OCH3 is 3. The Bertz CT molecular complexity index is 1270. The van der Waals surface area contributed by atoms with E-state index in [9.17, 15) is 4.79 Å². The third kappa shape index (κ3) is 3.85. The van der Waals surface area contributed by atoms with Gasteiger partial charge in [0.2, 0.25) is 0 Å². The molecule has 3 aromatic rings. The van der Waals surface area contributed by atoms with Crippen LogP contribution in [0.5, 0.6) is 17.2 Å². The Morgan fingerprint density at radius 3 is 2.38 bits per heavy atom. The molecule has 0 spiro atoms. The summed E-state index contributed by atoms with van der Waals surface area (Å²) in [5, 5.41) is 7.19. The van der Waals surface area contributed by atoms with Gasteiger partial charge in [-0.15, -0.1) is 0 Å². The highest BCUT2D eigenvalue weighted by Gasteiger charge is 2.37. The second kappa shape index (κ2) is 9.14. The first-order chi connectivity index (χ1) is 16.6. The largest absolute Gasteiger partial charge is 0.497 e. The van der Waals surface area contributed by atoms with Gasteiger partial charge in [0.1, 0.15) is 5.75 Å². The van der Waals surface area contributed by atoms with Crippen LogP contribution >= 0.6 is 0 Å². The molecular formula is C28H28N2O4. The Morgan fingerprint density at radius 1 is 0.824 bits per heavy atom. The Hall–Kier alpha value is -3.93. The second-order valence-corrected chi connectivity index (χ2v) is 8.53. The fourth-order valence-corrected chi connectivity index (χ4v) is 5.00. The number of carbonyl (C=O) groups excluding carboxylic acids is 1. The topological polar surface area (TPSA) is 68.8 Å². The summed E-state index contributed by atoms with van der Waals surface area (Å²) in [6.07, 6.45) is 1.14. The van der Waals surface area contributed by atoms with Crippen molar-refractivity contribution in [1.82, 2.24) is 0 Å². The standard InChI is InChI=1S/C28H28N2O4/c1-32-19-9-6-8-17(14-19)18-15-23-26(24(31)16-18)27(30-22-12-5-4-11-21(22)29-23)20-10-7-13-25(33-2)28(20)34-3/h4-14,18,27,29-30H,15-16H2,1-3H3/t18-,27-/m0/s1. The van der Waals surface area contributed by atoms with E-state index < -0.39 is 0 Å². The number of para-hydroxylation sites is 3. The highest BCUT2D eigenvalue weighted by Crippen LogP contribution is 2.47. The molecule has 0 bridgehead atoms. The number of ether oxygens (including phenoxy) is 3. The van der Waals surface area contributed by atoms with Crippen LogP contribution in [-0.4, -0.2) is 27.1 Å². The van der Waals surface area contributed by atoms with Crippen molar-refractivity contribution in [3.05, 3.63) is 89.1 Å². The summed E-state index contributed by atoms with van der Waals surface area (Å²) >= 11 is 0. The minimum Gasteiger partial charge on any atom is -0.497 e. The first-order valence-electron chi connectivity index (χ1n) is 11.4. The average Bonchev–Trinajstić information content (AvgIpc) is 3.05. The lowest BCUT2D eigenvalue weighted by Crippen LogP contribution is -2.27. The Labute approximate surface area is 199 Å². The van der Waals surface area contributed by atoms with Gasteiger partial charge in [0, 0.05) is 23.3 Å². The van der Waals surface area contributed by atoms with E-state index in [0.717, 1.165) is 39.5 Å². The number of ketones is 1. The summed E-state index contributed by atoms with van der Waals surface area (Å²) in [4.78, 5) is 13.8. The van der Waals surface area contributed by atoms with Gasteiger partial charge in [-0.25, -0.2) is 0 Å². The van der Waals surface area contributed by atoms with Crippen molar-refractivity contribution in [1.29, 1.82) is 0 Å². The van der Waals surface area contributed by atoms with Gasteiger partial charge >= 0.3 is 0 Å². The van der Waals surface area contributed by atoms with E-state index in [0.29, 0.717) is 24.3 Å². The van der Waals surface area contributed by atoms with Crippen LogP contribution in [-0.2, 0) is 4.79 Å². The van der Waals surface area contributed by atoms with E-state index in [1.807, 2.05) is 60.7 Å². The zero-order valence-corrected chi connectivity index (χ0v) is 19.6. The Balaban J connectivity index is 1.64. The number of hydrogen-bond acceptors (Lipinski definition) is 6. The molecule has 3 aromatic carbocycles. The molecule has 0 aromatic heterocycles. The van der Waals surface area contributed by atoms with E-state index in [1.165, 1.54) is 0 Å². The molecular weight excluding hydrogens is 428 g/mol. The molecule has 5 rings (SSSR count). The molecule has 0 amide bonds. The number of allylic oxidation sites excluding steroid dienone is 1. The number of anilines is 2.